The van der Waals surface area contributed by atoms with E-state index in [4.69, 9.17) is 11.6 Å². The van der Waals surface area contributed by atoms with Crippen LogP contribution in [0.15, 0.2) is 47.4 Å². The summed E-state index contributed by atoms with van der Waals surface area (Å²) < 4.78 is 0. The third kappa shape index (κ3) is 5.28. The molecular weight excluding hydrogens is 344 g/mol. The lowest BCUT2D eigenvalue weighted by Crippen LogP contribution is -2.22. The van der Waals surface area contributed by atoms with Crippen molar-refractivity contribution < 1.29 is 9.59 Å². The first kappa shape index (κ1) is 18.4. The maximum Gasteiger partial charge on any atom is 0.237 e. The Morgan fingerprint density at radius 1 is 1.08 bits per heavy atom. The smallest absolute Gasteiger partial charge is 0.237 e. The zero-order chi connectivity index (χ0) is 17.7. The van der Waals surface area contributed by atoms with Gasteiger partial charge in [-0.25, -0.2) is 0 Å². The first-order valence-electron chi connectivity index (χ1n) is 7.46. The Labute approximate surface area is 151 Å². The zero-order valence-electron chi connectivity index (χ0n) is 13.7. The van der Waals surface area contributed by atoms with Gasteiger partial charge >= 0.3 is 0 Å². The van der Waals surface area contributed by atoms with Crippen LogP contribution in [-0.2, 0) is 9.59 Å². The molecule has 0 fully saturated rings. The molecule has 0 spiro atoms. The fourth-order valence-corrected chi connectivity index (χ4v) is 3.13. The summed E-state index contributed by atoms with van der Waals surface area (Å²) in [5.74, 6) is -0.232. The van der Waals surface area contributed by atoms with Crippen molar-refractivity contribution in [3.63, 3.8) is 0 Å². The Morgan fingerprint density at radius 3 is 2.46 bits per heavy atom. The number of rotatable bonds is 5. The van der Waals surface area contributed by atoms with E-state index >= 15 is 0 Å². The number of benzene rings is 2. The number of halogens is 1. The molecule has 6 heteroatoms. The minimum Gasteiger partial charge on any atom is -0.326 e. The maximum atomic E-state index is 12.3. The van der Waals surface area contributed by atoms with Crippen LogP contribution in [0.4, 0.5) is 11.4 Å². The predicted molar refractivity (Wildman–Crippen MR) is 101 cm³/mol. The molecule has 2 rings (SSSR count). The molecule has 2 aromatic rings. The van der Waals surface area contributed by atoms with Crippen LogP contribution in [0.5, 0.6) is 0 Å². The number of hydrogen-bond acceptors (Lipinski definition) is 3. The van der Waals surface area contributed by atoms with Crippen LogP contribution in [0, 0.1) is 6.92 Å². The molecule has 0 radical (unpaired) electrons. The first-order valence-corrected chi connectivity index (χ1v) is 8.72. The Morgan fingerprint density at radius 2 is 1.79 bits per heavy atom. The molecule has 0 aliphatic carbocycles. The average Bonchev–Trinajstić information content (AvgIpc) is 2.50. The molecule has 0 bridgehead atoms. The molecule has 0 aromatic heterocycles. The van der Waals surface area contributed by atoms with E-state index in [1.165, 1.54) is 18.7 Å². The highest BCUT2D eigenvalue weighted by molar-refractivity contribution is 8.00. The Balaban J connectivity index is 2.00. The summed E-state index contributed by atoms with van der Waals surface area (Å²) in [6, 6.07) is 12.8. The van der Waals surface area contributed by atoms with Crippen LogP contribution in [0.1, 0.15) is 19.4 Å². The Hall–Kier alpha value is -1.98. The molecule has 4 nitrogen and oxygen atoms in total. The van der Waals surface area contributed by atoms with Crippen molar-refractivity contribution in [2.75, 3.05) is 10.6 Å². The molecule has 0 saturated heterocycles. The average molecular weight is 363 g/mol. The van der Waals surface area contributed by atoms with Gasteiger partial charge < -0.3 is 10.6 Å². The topological polar surface area (TPSA) is 58.2 Å². The molecular formula is C18H19ClN2O2S. The number of nitrogens with one attached hydrogen (secondary N) is 2. The predicted octanol–water partition coefficient (Wildman–Crippen LogP) is 4.73. The molecule has 0 heterocycles. The van der Waals surface area contributed by atoms with Gasteiger partial charge in [-0.3, -0.25) is 9.59 Å². The van der Waals surface area contributed by atoms with Gasteiger partial charge in [0.05, 0.1) is 5.25 Å². The fourth-order valence-electron chi connectivity index (χ4n) is 2.02. The van der Waals surface area contributed by atoms with Crippen LogP contribution >= 0.6 is 23.4 Å². The van der Waals surface area contributed by atoms with Gasteiger partial charge in [0.25, 0.3) is 0 Å². The van der Waals surface area contributed by atoms with Crippen molar-refractivity contribution in [2.45, 2.75) is 30.9 Å². The number of carbonyl (C=O) groups excluding carboxylic acids is 2. The van der Waals surface area contributed by atoms with Crippen LogP contribution in [0.25, 0.3) is 0 Å². The quantitative estimate of drug-likeness (QED) is 0.756. The maximum absolute atomic E-state index is 12.3. The summed E-state index contributed by atoms with van der Waals surface area (Å²) in [5, 5.41) is 5.92. The summed E-state index contributed by atoms with van der Waals surface area (Å²) in [6.45, 7) is 5.21. The van der Waals surface area contributed by atoms with Crippen LogP contribution in [0.3, 0.4) is 0 Å². The number of amides is 2. The molecule has 1 unspecified atom stereocenters. The van der Waals surface area contributed by atoms with Gasteiger partial charge in [-0.1, -0.05) is 23.7 Å². The second-order valence-electron chi connectivity index (χ2n) is 5.42. The van der Waals surface area contributed by atoms with Gasteiger partial charge in [-0.2, -0.15) is 0 Å². The van der Waals surface area contributed by atoms with E-state index in [1.807, 2.05) is 50.2 Å². The molecule has 24 heavy (non-hydrogen) atoms. The second-order valence-corrected chi connectivity index (χ2v) is 7.24. The Bertz CT molecular complexity index is 764. The van der Waals surface area contributed by atoms with Gasteiger partial charge in [-0.05, 0) is 49.7 Å². The normalized spacial score (nSPS) is 11.7. The van der Waals surface area contributed by atoms with Gasteiger partial charge in [0, 0.05) is 28.2 Å². The van der Waals surface area contributed by atoms with Gasteiger partial charge in [0.2, 0.25) is 11.8 Å². The van der Waals surface area contributed by atoms with E-state index in [2.05, 4.69) is 10.6 Å². The molecule has 2 amide bonds. The van der Waals surface area contributed by atoms with E-state index in [0.29, 0.717) is 16.4 Å². The monoisotopic (exact) mass is 362 g/mol. The number of aryl methyl sites for hydroxylation is 1. The van der Waals surface area contributed by atoms with Crippen molar-refractivity contribution in [1.82, 2.24) is 0 Å². The summed E-state index contributed by atoms with van der Waals surface area (Å²) >= 11 is 7.50. The lowest BCUT2D eigenvalue weighted by atomic mass is 10.2. The van der Waals surface area contributed by atoms with Crippen LogP contribution in [0.2, 0.25) is 5.02 Å². The summed E-state index contributed by atoms with van der Waals surface area (Å²) in [6.07, 6.45) is 0. The van der Waals surface area contributed by atoms with E-state index in [9.17, 15) is 9.59 Å². The highest BCUT2D eigenvalue weighted by atomic mass is 35.5. The molecule has 0 saturated carbocycles. The van der Waals surface area contributed by atoms with E-state index in [-0.39, 0.29) is 17.1 Å². The largest absolute Gasteiger partial charge is 0.326 e. The number of thioether (sulfide) groups is 1. The lowest BCUT2D eigenvalue weighted by molar-refractivity contribution is -0.115. The zero-order valence-corrected chi connectivity index (χ0v) is 15.3. The van der Waals surface area contributed by atoms with Crippen molar-refractivity contribution in [1.29, 1.82) is 0 Å². The van der Waals surface area contributed by atoms with Crippen molar-refractivity contribution in [2.24, 2.45) is 0 Å². The molecule has 2 aromatic carbocycles. The standard InChI is InChI=1S/C18H19ClN2O2S/c1-11-7-8-15(10-17(11)19)21-18(23)12(2)24-16-6-4-5-14(9-16)20-13(3)22/h4-10,12H,1-3H3,(H,20,22)(H,21,23). The molecule has 1 atom stereocenters. The third-order valence-corrected chi connectivity index (χ3v) is 4.78. The minimum absolute atomic E-state index is 0.107. The number of hydrogen-bond donors (Lipinski definition) is 2. The van der Waals surface area contributed by atoms with E-state index < -0.39 is 0 Å². The number of carbonyl (C=O) groups is 2. The molecule has 0 aliphatic rings. The van der Waals surface area contributed by atoms with Gasteiger partial charge in [0.15, 0.2) is 0 Å². The number of anilines is 2. The van der Waals surface area contributed by atoms with E-state index in [0.717, 1.165) is 10.5 Å². The lowest BCUT2D eigenvalue weighted by Gasteiger charge is -2.13. The third-order valence-electron chi connectivity index (χ3n) is 3.28. The molecule has 2 N–H and O–H groups in total. The summed E-state index contributed by atoms with van der Waals surface area (Å²) in [4.78, 5) is 24.4. The van der Waals surface area contributed by atoms with Crippen molar-refractivity contribution in [3.8, 4) is 0 Å². The minimum atomic E-state index is -0.294. The SMILES string of the molecule is CC(=O)Nc1cccc(SC(C)C(=O)Nc2ccc(C)c(Cl)c2)c1. The second kappa shape index (κ2) is 8.22. The first-order chi connectivity index (χ1) is 11.3. The Kier molecular flexibility index (Phi) is 6.29. The molecule has 126 valence electrons. The van der Waals surface area contributed by atoms with Crippen LogP contribution < -0.4 is 10.6 Å². The van der Waals surface area contributed by atoms with Crippen molar-refractivity contribution >= 4 is 46.6 Å². The van der Waals surface area contributed by atoms with Gasteiger partial charge in [-0.15, -0.1) is 11.8 Å². The highest BCUT2D eigenvalue weighted by Crippen LogP contribution is 2.27. The fraction of sp³-hybridized carbons (Fsp3) is 0.222. The van der Waals surface area contributed by atoms with E-state index in [1.54, 1.807) is 6.07 Å². The molecule has 0 aliphatic heterocycles. The summed E-state index contributed by atoms with van der Waals surface area (Å²) in [7, 11) is 0. The summed E-state index contributed by atoms with van der Waals surface area (Å²) in [5.41, 5.74) is 2.35. The van der Waals surface area contributed by atoms with Crippen molar-refractivity contribution in [3.05, 3.63) is 53.1 Å². The van der Waals surface area contributed by atoms with Gasteiger partial charge in [0.1, 0.15) is 0 Å². The highest BCUT2D eigenvalue weighted by Gasteiger charge is 2.15. The van der Waals surface area contributed by atoms with Crippen LogP contribution in [-0.4, -0.2) is 17.1 Å².